The molecule has 13 heavy (non-hydrogen) atoms. The second-order valence-electron chi connectivity index (χ2n) is 4.48. The minimum Gasteiger partial charge on any atom is -0.303 e. The van der Waals surface area contributed by atoms with Gasteiger partial charge < -0.3 is 4.90 Å². The smallest absolute Gasteiger partial charge is 0.0380 e. The number of hydrogen-bond acceptors (Lipinski definition) is 1. The maximum absolute atomic E-state index is 3.94. The normalized spacial score (nSPS) is 20.8. The highest BCUT2D eigenvalue weighted by Gasteiger charge is 2.15. The summed E-state index contributed by atoms with van der Waals surface area (Å²) in [6.45, 7) is 12.8. The third kappa shape index (κ3) is 3.65. The van der Waals surface area contributed by atoms with Crippen molar-refractivity contribution in [2.75, 3.05) is 19.6 Å². The molecule has 1 fully saturated rings. The van der Waals surface area contributed by atoms with Crippen LogP contribution in [0, 0.1) is 0 Å². The lowest BCUT2D eigenvalue weighted by Crippen LogP contribution is -2.23. The van der Waals surface area contributed by atoms with E-state index in [1.54, 1.807) is 0 Å². The molecule has 0 N–H and O–H groups in total. The van der Waals surface area contributed by atoms with E-state index in [1.165, 1.54) is 38.9 Å². The first-order chi connectivity index (χ1) is 6.24. The maximum Gasteiger partial charge on any atom is 0.0380 e. The molecular weight excluding hydrogens is 174 g/mol. The molecule has 0 amide bonds. The Kier molecular flexibility index (Phi) is 4.74. The van der Waals surface area contributed by atoms with Crippen LogP contribution in [-0.2, 0) is 0 Å². The molecule has 0 saturated carbocycles. The minimum absolute atomic E-state index is 0.491. The molecule has 1 nitrogen and oxygen atoms in total. The largest absolute Gasteiger partial charge is 0.303 e. The summed E-state index contributed by atoms with van der Waals surface area (Å²) in [5.74, 6) is 0. The van der Waals surface area contributed by atoms with Crippen LogP contribution in [0.15, 0.2) is 12.7 Å². The first-order valence-electron chi connectivity index (χ1n) is 5.59. The van der Waals surface area contributed by atoms with Crippen LogP contribution in [0.4, 0.5) is 0 Å². The average molecular weight is 197 g/mol. The van der Waals surface area contributed by atoms with Crippen LogP contribution >= 0.6 is 0 Å². The summed E-state index contributed by atoms with van der Waals surface area (Å²) in [6, 6.07) is 0. The Morgan fingerprint density at radius 1 is 1.38 bits per heavy atom. The Morgan fingerprint density at radius 3 is 2.46 bits per heavy atom. The Hall–Kier alpha value is -0.0831. The van der Waals surface area contributed by atoms with Gasteiger partial charge in [-0.2, -0.15) is 0 Å². The molecule has 2 heteroatoms. The standard InChI is InChI=1S/C11H23NSi/c1-4-11(13(2)3)7-10-12-8-5-6-9-12/h4,11,13H,1,5-10H2,2-3H3. The molecule has 1 rings (SSSR count). The van der Waals surface area contributed by atoms with Crippen molar-refractivity contribution in [1.29, 1.82) is 0 Å². The third-order valence-corrected chi connectivity index (χ3v) is 5.45. The SMILES string of the molecule is C=CC(CCN1CCCC1)[SiH](C)C. The van der Waals surface area contributed by atoms with Crippen LogP contribution in [-0.4, -0.2) is 33.3 Å². The summed E-state index contributed by atoms with van der Waals surface area (Å²) in [4.78, 5) is 2.60. The van der Waals surface area contributed by atoms with Crippen LogP contribution in [0.5, 0.6) is 0 Å². The first kappa shape index (κ1) is 11.0. The number of hydrogen-bond donors (Lipinski definition) is 0. The van der Waals surface area contributed by atoms with Crippen molar-refractivity contribution >= 4 is 8.80 Å². The van der Waals surface area contributed by atoms with Gasteiger partial charge in [0.1, 0.15) is 0 Å². The summed E-state index contributed by atoms with van der Waals surface area (Å²) in [7, 11) is -0.491. The molecule has 0 aromatic heterocycles. The van der Waals surface area contributed by atoms with Crippen LogP contribution in [0.1, 0.15) is 19.3 Å². The van der Waals surface area contributed by atoms with Crippen molar-refractivity contribution < 1.29 is 0 Å². The summed E-state index contributed by atoms with van der Waals surface area (Å²) in [5.41, 5.74) is 0.848. The third-order valence-electron chi connectivity index (χ3n) is 3.14. The topological polar surface area (TPSA) is 3.24 Å². The van der Waals surface area contributed by atoms with E-state index in [1.807, 2.05) is 0 Å². The minimum atomic E-state index is -0.491. The van der Waals surface area contributed by atoms with Gasteiger partial charge in [-0.25, -0.2) is 0 Å². The van der Waals surface area contributed by atoms with Crippen molar-refractivity contribution in [3.8, 4) is 0 Å². The Bertz CT molecular complexity index is 150. The number of likely N-dealkylation sites (tertiary alicyclic amines) is 1. The first-order valence-corrected chi connectivity index (χ1v) is 8.56. The van der Waals surface area contributed by atoms with Crippen LogP contribution in [0.3, 0.4) is 0 Å². The molecule has 1 aliphatic heterocycles. The van der Waals surface area contributed by atoms with Crippen LogP contribution in [0.25, 0.3) is 0 Å². The van der Waals surface area contributed by atoms with E-state index in [0.29, 0.717) is 0 Å². The zero-order valence-corrected chi connectivity index (χ0v) is 10.3. The Morgan fingerprint density at radius 2 is 2.00 bits per heavy atom. The second-order valence-corrected chi connectivity index (χ2v) is 7.83. The van der Waals surface area contributed by atoms with E-state index in [-0.39, 0.29) is 0 Å². The van der Waals surface area contributed by atoms with Gasteiger partial charge in [0.2, 0.25) is 0 Å². The molecule has 1 atom stereocenters. The van der Waals surface area contributed by atoms with Crippen molar-refractivity contribution in [2.45, 2.75) is 37.9 Å². The van der Waals surface area contributed by atoms with E-state index >= 15 is 0 Å². The summed E-state index contributed by atoms with van der Waals surface area (Å²) in [5, 5.41) is 0. The van der Waals surface area contributed by atoms with Crippen molar-refractivity contribution in [1.82, 2.24) is 4.90 Å². The maximum atomic E-state index is 3.94. The Balaban J connectivity index is 2.18. The van der Waals surface area contributed by atoms with E-state index in [2.05, 4.69) is 30.6 Å². The summed E-state index contributed by atoms with van der Waals surface area (Å²) < 4.78 is 0. The average Bonchev–Trinajstić information content (AvgIpc) is 2.57. The molecule has 0 aliphatic carbocycles. The second kappa shape index (κ2) is 5.61. The lowest BCUT2D eigenvalue weighted by molar-refractivity contribution is 0.334. The molecule has 1 aliphatic rings. The summed E-state index contributed by atoms with van der Waals surface area (Å²) >= 11 is 0. The molecule has 1 unspecified atom stereocenters. The molecule has 1 saturated heterocycles. The van der Waals surface area contributed by atoms with Gasteiger partial charge in [-0.05, 0) is 44.4 Å². The van der Waals surface area contributed by atoms with Gasteiger partial charge in [-0.1, -0.05) is 19.2 Å². The number of nitrogens with zero attached hydrogens (tertiary/aromatic N) is 1. The van der Waals surface area contributed by atoms with Crippen LogP contribution < -0.4 is 0 Å². The molecule has 0 bridgehead atoms. The quantitative estimate of drug-likeness (QED) is 0.483. The molecular formula is C11H23NSi. The van der Waals surface area contributed by atoms with E-state index in [9.17, 15) is 0 Å². The molecule has 0 aromatic carbocycles. The monoisotopic (exact) mass is 197 g/mol. The highest BCUT2D eigenvalue weighted by atomic mass is 28.3. The lowest BCUT2D eigenvalue weighted by Gasteiger charge is -2.20. The molecule has 76 valence electrons. The Labute approximate surface area is 84.4 Å². The van der Waals surface area contributed by atoms with Gasteiger partial charge >= 0.3 is 0 Å². The summed E-state index contributed by atoms with van der Waals surface area (Å²) in [6.07, 6.45) is 6.37. The zero-order chi connectivity index (χ0) is 9.68. The van der Waals surface area contributed by atoms with Gasteiger partial charge in [0, 0.05) is 8.80 Å². The fraction of sp³-hybridized carbons (Fsp3) is 0.818. The van der Waals surface area contributed by atoms with E-state index in [0.717, 1.165) is 5.54 Å². The van der Waals surface area contributed by atoms with Gasteiger partial charge in [0.05, 0.1) is 0 Å². The highest BCUT2D eigenvalue weighted by Crippen LogP contribution is 2.18. The lowest BCUT2D eigenvalue weighted by atomic mass is 10.3. The van der Waals surface area contributed by atoms with Gasteiger partial charge in [-0.3, -0.25) is 0 Å². The van der Waals surface area contributed by atoms with Crippen molar-refractivity contribution in [3.05, 3.63) is 12.7 Å². The number of rotatable bonds is 5. The fourth-order valence-electron chi connectivity index (χ4n) is 2.06. The fourth-order valence-corrected chi connectivity index (χ4v) is 3.42. The molecule has 1 heterocycles. The highest BCUT2D eigenvalue weighted by molar-refractivity contribution is 6.58. The molecule has 0 spiro atoms. The molecule has 0 radical (unpaired) electrons. The van der Waals surface area contributed by atoms with Gasteiger partial charge in [-0.15, -0.1) is 6.58 Å². The van der Waals surface area contributed by atoms with Gasteiger partial charge in [0.15, 0.2) is 0 Å². The van der Waals surface area contributed by atoms with E-state index in [4.69, 9.17) is 0 Å². The zero-order valence-electron chi connectivity index (χ0n) is 9.13. The van der Waals surface area contributed by atoms with E-state index < -0.39 is 8.80 Å². The van der Waals surface area contributed by atoms with Crippen LogP contribution in [0.2, 0.25) is 18.6 Å². The number of allylic oxidation sites excluding steroid dienone is 1. The van der Waals surface area contributed by atoms with Crippen molar-refractivity contribution in [3.63, 3.8) is 0 Å². The predicted octanol–water partition coefficient (Wildman–Crippen LogP) is 2.52. The van der Waals surface area contributed by atoms with Gasteiger partial charge in [0.25, 0.3) is 0 Å². The van der Waals surface area contributed by atoms with Crippen molar-refractivity contribution in [2.24, 2.45) is 0 Å². The molecule has 0 aromatic rings. The predicted molar refractivity (Wildman–Crippen MR) is 63.1 cm³/mol.